The molecule has 4 nitrogen and oxygen atoms in total. The fourth-order valence-corrected chi connectivity index (χ4v) is 2.35. The van der Waals surface area contributed by atoms with Crippen LogP contribution in [0.5, 0.6) is 0 Å². The van der Waals surface area contributed by atoms with Gasteiger partial charge in [-0.2, -0.15) is 0 Å². The molecule has 1 N–H and O–H groups in total. The summed E-state index contributed by atoms with van der Waals surface area (Å²) < 4.78 is 11.0. The molecule has 0 bridgehead atoms. The Hall–Kier alpha value is -1.39. The van der Waals surface area contributed by atoms with Gasteiger partial charge in [0.05, 0.1) is 12.7 Å². The van der Waals surface area contributed by atoms with Crippen LogP contribution in [0.1, 0.15) is 39.7 Å². The van der Waals surface area contributed by atoms with Gasteiger partial charge in [-0.15, -0.1) is 0 Å². The summed E-state index contributed by atoms with van der Waals surface area (Å²) in [5.41, 5.74) is 0.0682. The third-order valence-corrected chi connectivity index (χ3v) is 3.30. The smallest absolute Gasteiger partial charge is 0.331 e. The summed E-state index contributed by atoms with van der Waals surface area (Å²) in [6.07, 6.45) is 0.685. The van der Waals surface area contributed by atoms with Gasteiger partial charge in [-0.05, 0) is 32.9 Å². The largest absolute Gasteiger partial charge is 0.464 e. The Balaban J connectivity index is 3.06. The minimum atomic E-state index is -0.846. The van der Waals surface area contributed by atoms with Crippen LogP contribution in [0, 0.1) is 0 Å². The molecule has 1 rings (SSSR count). The Kier molecular flexibility index (Phi) is 7.40. The minimum Gasteiger partial charge on any atom is -0.464 e. The lowest BCUT2D eigenvalue weighted by molar-refractivity contribution is -0.153. The molecule has 0 radical (unpaired) electrons. The predicted molar refractivity (Wildman–Crippen MR) is 84.1 cm³/mol. The summed E-state index contributed by atoms with van der Waals surface area (Å²) in [5, 5.41) is 3.32. The Labute approximate surface area is 127 Å². The van der Waals surface area contributed by atoms with E-state index in [1.165, 1.54) is 0 Å². The van der Waals surface area contributed by atoms with E-state index in [0.29, 0.717) is 26.2 Å². The standard InChI is InChI=1S/C17H27NO3/c1-5-18-17(16(19)20-6-2,12-13-21-14(3)4)15-10-8-7-9-11-15/h7-11,14,18H,5-6,12-13H2,1-4H3. The lowest BCUT2D eigenvalue weighted by atomic mass is 9.86. The molecule has 0 aliphatic rings. The maximum absolute atomic E-state index is 12.6. The van der Waals surface area contributed by atoms with Crippen LogP contribution < -0.4 is 5.32 Å². The van der Waals surface area contributed by atoms with Crippen LogP contribution in [0.15, 0.2) is 30.3 Å². The Bertz CT molecular complexity index is 419. The molecule has 4 heteroatoms. The number of hydrogen-bond acceptors (Lipinski definition) is 4. The molecule has 0 spiro atoms. The minimum absolute atomic E-state index is 0.141. The van der Waals surface area contributed by atoms with Gasteiger partial charge < -0.3 is 9.47 Å². The monoisotopic (exact) mass is 293 g/mol. The molecule has 0 aliphatic carbocycles. The highest BCUT2D eigenvalue weighted by atomic mass is 16.5. The lowest BCUT2D eigenvalue weighted by Crippen LogP contribution is -2.51. The number of nitrogens with one attached hydrogen (secondary N) is 1. The normalized spacial score (nSPS) is 14.0. The van der Waals surface area contributed by atoms with E-state index in [1.54, 1.807) is 0 Å². The van der Waals surface area contributed by atoms with E-state index in [-0.39, 0.29) is 12.1 Å². The van der Waals surface area contributed by atoms with Crippen molar-refractivity contribution in [3.05, 3.63) is 35.9 Å². The van der Waals surface area contributed by atoms with Crippen molar-refractivity contribution in [2.75, 3.05) is 19.8 Å². The lowest BCUT2D eigenvalue weighted by Gasteiger charge is -2.33. The third kappa shape index (κ3) is 4.83. The first kappa shape index (κ1) is 17.7. The van der Waals surface area contributed by atoms with Gasteiger partial charge in [-0.1, -0.05) is 37.3 Å². The van der Waals surface area contributed by atoms with Gasteiger partial charge >= 0.3 is 5.97 Å². The first-order chi connectivity index (χ1) is 10.1. The number of esters is 1. The van der Waals surface area contributed by atoms with E-state index in [4.69, 9.17) is 9.47 Å². The second-order valence-corrected chi connectivity index (χ2v) is 5.19. The zero-order valence-electron chi connectivity index (χ0n) is 13.5. The number of hydrogen-bond donors (Lipinski definition) is 1. The summed E-state index contributed by atoms with van der Waals surface area (Å²) in [6, 6.07) is 9.72. The molecule has 118 valence electrons. The Morgan fingerprint density at radius 1 is 1.24 bits per heavy atom. The van der Waals surface area contributed by atoms with Crippen LogP contribution in [0.2, 0.25) is 0 Å². The van der Waals surface area contributed by atoms with Crippen molar-refractivity contribution in [2.24, 2.45) is 0 Å². The van der Waals surface area contributed by atoms with Gasteiger partial charge in [-0.3, -0.25) is 5.32 Å². The average Bonchev–Trinajstić information content (AvgIpc) is 2.47. The zero-order chi connectivity index (χ0) is 15.7. The number of carbonyl (C=O) groups excluding carboxylic acids is 1. The van der Waals surface area contributed by atoms with Crippen LogP contribution in [-0.2, 0) is 19.8 Å². The van der Waals surface area contributed by atoms with E-state index in [2.05, 4.69) is 5.32 Å². The van der Waals surface area contributed by atoms with Crippen molar-refractivity contribution in [1.82, 2.24) is 5.32 Å². The summed E-state index contributed by atoms with van der Waals surface area (Å²) in [6.45, 7) is 9.33. The topological polar surface area (TPSA) is 47.6 Å². The molecule has 0 heterocycles. The molecule has 0 saturated carbocycles. The number of carbonyl (C=O) groups is 1. The summed E-state index contributed by atoms with van der Waals surface area (Å²) in [4.78, 5) is 12.6. The summed E-state index contributed by atoms with van der Waals surface area (Å²) in [5.74, 6) is -0.245. The number of rotatable bonds is 9. The fraction of sp³-hybridized carbons (Fsp3) is 0.588. The molecular formula is C17H27NO3. The van der Waals surface area contributed by atoms with Crippen LogP contribution in [0.4, 0.5) is 0 Å². The van der Waals surface area contributed by atoms with Crippen molar-refractivity contribution >= 4 is 5.97 Å². The second-order valence-electron chi connectivity index (χ2n) is 5.19. The molecule has 1 unspecified atom stereocenters. The molecule has 0 aromatic heterocycles. The molecule has 21 heavy (non-hydrogen) atoms. The maximum Gasteiger partial charge on any atom is 0.331 e. The molecule has 1 aromatic rings. The zero-order valence-corrected chi connectivity index (χ0v) is 13.5. The molecule has 0 saturated heterocycles. The number of ether oxygens (including phenoxy) is 2. The molecule has 1 aromatic carbocycles. The number of likely N-dealkylation sites (N-methyl/N-ethyl adjacent to an activating group) is 1. The molecule has 0 fully saturated rings. The van der Waals surface area contributed by atoms with E-state index < -0.39 is 5.54 Å². The highest BCUT2D eigenvalue weighted by Crippen LogP contribution is 2.27. The van der Waals surface area contributed by atoms with Crippen molar-refractivity contribution in [1.29, 1.82) is 0 Å². The third-order valence-electron chi connectivity index (χ3n) is 3.30. The molecule has 0 amide bonds. The van der Waals surface area contributed by atoms with Crippen molar-refractivity contribution in [3.8, 4) is 0 Å². The van der Waals surface area contributed by atoms with Crippen molar-refractivity contribution < 1.29 is 14.3 Å². The quantitative estimate of drug-likeness (QED) is 0.711. The van der Waals surface area contributed by atoms with E-state index in [9.17, 15) is 4.79 Å². The summed E-state index contributed by atoms with van der Waals surface area (Å²) >= 11 is 0. The Morgan fingerprint density at radius 3 is 2.43 bits per heavy atom. The van der Waals surface area contributed by atoms with Crippen LogP contribution >= 0.6 is 0 Å². The van der Waals surface area contributed by atoms with Gasteiger partial charge in [0, 0.05) is 13.0 Å². The van der Waals surface area contributed by atoms with E-state index in [0.717, 1.165) is 5.56 Å². The number of benzene rings is 1. The molecule has 0 aliphatic heterocycles. The van der Waals surface area contributed by atoms with Gasteiger partial charge in [0.2, 0.25) is 0 Å². The van der Waals surface area contributed by atoms with Crippen LogP contribution in [0.25, 0.3) is 0 Å². The SMILES string of the molecule is CCNC(CCOC(C)C)(C(=O)OCC)c1ccccc1. The first-order valence-corrected chi connectivity index (χ1v) is 7.66. The maximum atomic E-state index is 12.6. The van der Waals surface area contributed by atoms with Crippen molar-refractivity contribution in [3.63, 3.8) is 0 Å². The van der Waals surface area contributed by atoms with Gasteiger partial charge in [-0.25, -0.2) is 4.79 Å². The molecule has 1 atom stereocenters. The van der Waals surface area contributed by atoms with Crippen LogP contribution in [0.3, 0.4) is 0 Å². The average molecular weight is 293 g/mol. The predicted octanol–water partition coefficient (Wildman–Crippen LogP) is 2.87. The summed E-state index contributed by atoms with van der Waals surface area (Å²) in [7, 11) is 0. The highest BCUT2D eigenvalue weighted by Gasteiger charge is 2.40. The van der Waals surface area contributed by atoms with Crippen LogP contribution in [-0.4, -0.2) is 31.8 Å². The second kappa shape index (κ2) is 8.80. The first-order valence-electron chi connectivity index (χ1n) is 7.66. The van der Waals surface area contributed by atoms with Gasteiger partial charge in [0.25, 0.3) is 0 Å². The van der Waals surface area contributed by atoms with Gasteiger partial charge in [0.15, 0.2) is 0 Å². The van der Waals surface area contributed by atoms with E-state index in [1.807, 2.05) is 58.0 Å². The fourth-order valence-electron chi connectivity index (χ4n) is 2.35. The van der Waals surface area contributed by atoms with Crippen molar-refractivity contribution in [2.45, 2.75) is 45.8 Å². The highest BCUT2D eigenvalue weighted by molar-refractivity contribution is 5.82. The molecular weight excluding hydrogens is 266 g/mol. The van der Waals surface area contributed by atoms with Gasteiger partial charge in [0.1, 0.15) is 5.54 Å². The Morgan fingerprint density at radius 2 is 1.90 bits per heavy atom. The van der Waals surface area contributed by atoms with E-state index >= 15 is 0 Å².